The van der Waals surface area contributed by atoms with Crippen molar-refractivity contribution in [3.05, 3.63) is 83.8 Å². The Kier molecular flexibility index (Phi) is 14.6. The summed E-state index contributed by atoms with van der Waals surface area (Å²) in [5.41, 5.74) is 4.22. The summed E-state index contributed by atoms with van der Waals surface area (Å²) in [4.78, 5) is 14.9. The molecule has 2 aliphatic rings. The highest BCUT2D eigenvalue weighted by atomic mass is 16.5. The van der Waals surface area contributed by atoms with E-state index < -0.39 is 0 Å². The van der Waals surface area contributed by atoms with E-state index in [2.05, 4.69) is 48.4 Å². The van der Waals surface area contributed by atoms with Gasteiger partial charge in [-0.2, -0.15) is 0 Å². The van der Waals surface area contributed by atoms with Crippen molar-refractivity contribution in [3.8, 4) is 0 Å². The number of allylic oxidation sites excluding steroid dienone is 8. The molecular formula is C36H51NO2. The molecule has 1 aromatic rings. The van der Waals surface area contributed by atoms with E-state index in [-0.39, 0.29) is 5.78 Å². The second-order valence-electron chi connectivity index (χ2n) is 11.0. The topological polar surface area (TPSA) is 29.5 Å². The van der Waals surface area contributed by atoms with Gasteiger partial charge in [-0.3, -0.25) is 4.79 Å². The summed E-state index contributed by atoms with van der Waals surface area (Å²) in [6.45, 7) is 3.34. The fourth-order valence-electron chi connectivity index (χ4n) is 5.48. The smallest absolute Gasteiger partial charge is 0.227 e. The standard InChI is InChI=1S/C36H51NO2/c1-3-4-5-6-7-8-9-10-11-12-13-14-15-16-17-20-29-37-30-28-31(33-23-18-19-24-34(33)37)26-27-32-22-21-25-35(39-2)36(32)38/h18-19,21-28,30H,3-17,20,29H2,1-2H3/b31-26-,32-27+. The van der Waals surface area contributed by atoms with Crippen LogP contribution in [0.25, 0.3) is 5.57 Å². The Morgan fingerprint density at radius 3 is 1.90 bits per heavy atom. The average Bonchev–Trinajstić information content (AvgIpc) is 2.97. The lowest BCUT2D eigenvalue weighted by Crippen LogP contribution is -2.21. The Balaban J connectivity index is 1.31. The van der Waals surface area contributed by atoms with E-state index in [9.17, 15) is 4.79 Å². The van der Waals surface area contributed by atoms with Crippen molar-refractivity contribution in [2.75, 3.05) is 18.6 Å². The van der Waals surface area contributed by atoms with E-state index in [1.165, 1.54) is 121 Å². The Labute approximate surface area is 238 Å². The first-order chi connectivity index (χ1) is 19.2. The van der Waals surface area contributed by atoms with Crippen molar-refractivity contribution < 1.29 is 9.53 Å². The number of para-hydroxylation sites is 1. The number of benzene rings is 1. The lowest BCUT2D eigenvalue weighted by Gasteiger charge is -2.27. The van der Waals surface area contributed by atoms with Crippen molar-refractivity contribution in [3.63, 3.8) is 0 Å². The maximum Gasteiger partial charge on any atom is 0.227 e. The van der Waals surface area contributed by atoms with Crippen LogP contribution in [-0.2, 0) is 9.53 Å². The van der Waals surface area contributed by atoms with Crippen LogP contribution in [0.3, 0.4) is 0 Å². The molecule has 3 nitrogen and oxygen atoms in total. The number of nitrogens with zero attached hydrogens (tertiary/aromatic N) is 1. The molecule has 1 heterocycles. The number of ether oxygens (including phenoxy) is 1. The molecule has 0 bridgehead atoms. The molecule has 0 saturated heterocycles. The summed E-state index contributed by atoms with van der Waals surface area (Å²) in [6.07, 6.45) is 36.0. The maximum atomic E-state index is 12.5. The zero-order valence-electron chi connectivity index (χ0n) is 24.6. The number of rotatable bonds is 19. The second kappa shape index (κ2) is 18.5. The van der Waals surface area contributed by atoms with E-state index in [1.54, 1.807) is 6.08 Å². The molecule has 39 heavy (non-hydrogen) atoms. The highest BCUT2D eigenvalue weighted by molar-refractivity contribution is 6.10. The van der Waals surface area contributed by atoms with Gasteiger partial charge in [0.15, 0.2) is 5.76 Å². The summed E-state index contributed by atoms with van der Waals surface area (Å²) < 4.78 is 5.18. The third kappa shape index (κ3) is 10.7. The molecule has 3 rings (SSSR count). The van der Waals surface area contributed by atoms with Crippen LogP contribution in [0, 0.1) is 0 Å². The number of anilines is 1. The molecule has 1 aromatic carbocycles. The van der Waals surface area contributed by atoms with Gasteiger partial charge in [-0.15, -0.1) is 0 Å². The number of hydrogen-bond acceptors (Lipinski definition) is 3. The summed E-state index contributed by atoms with van der Waals surface area (Å²) in [5, 5.41) is 0. The van der Waals surface area contributed by atoms with Gasteiger partial charge in [0.05, 0.1) is 7.11 Å². The molecule has 1 aliphatic heterocycles. The minimum Gasteiger partial charge on any atom is -0.493 e. The van der Waals surface area contributed by atoms with Gasteiger partial charge in [0, 0.05) is 29.6 Å². The second-order valence-corrected chi connectivity index (χ2v) is 11.0. The predicted molar refractivity (Wildman–Crippen MR) is 168 cm³/mol. The third-order valence-electron chi connectivity index (χ3n) is 7.88. The molecule has 1 aliphatic carbocycles. The first-order valence-corrected chi connectivity index (χ1v) is 15.7. The highest BCUT2D eigenvalue weighted by Gasteiger charge is 2.17. The number of carbonyl (C=O) groups excluding carboxylic acids is 1. The minimum atomic E-state index is -0.0740. The van der Waals surface area contributed by atoms with E-state index in [4.69, 9.17) is 4.74 Å². The van der Waals surface area contributed by atoms with E-state index in [1.807, 2.05) is 24.3 Å². The molecule has 0 spiro atoms. The molecule has 0 unspecified atom stereocenters. The fraction of sp³-hybridized carbons (Fsp3) is 0.528. The predicted octanol–water partition coefficient (Wildman–Crippen LogP) is 10.3. The van der Waals surface area contributed by atoms with Crippen LogP contribution in [-0.4, -0.2) is 19.4 Å². The monoisotopic (exact) mass is 529 g/mol. The van der Waals surface area contributed by atoms with E-state index >= 15 is 0 Å². The van der Waals surface area contributed by atoms with Gasteiger partial charge in [-0.1, -0.05) is 146 Å². The highest BCUT2D eigenvalue weighted by Crippen LogP contribution is 2.33. The number of hydrogen-bond donors (Lipinski definition) is 0. The Bertz CT molecular complexity index is 1030. The molecule has 0 aromatic heterocycles. The van der Waals surface area contributed by atoms with Crippen molar-refractivity contribution >= 4 is 17.0 Å². The average molecular weight is 530 g/mol. The van der Waals surface area contributed by atoms with Gasteiger partial charge in [-0.25, -0.2) is 0 Å². The molecular weight excluding hydrogens is 478 g/mol. The van der Waals surface area contributed by atoms with Crippen molar-refractivity contribution in [2.45, 2.75) is 110 Å². The zero-order chi connectivity index (χ0) is 27.5. The lowest BCUT2D eigenvalue weighted by molar-refractivity contribution is -0.114. The van der Waals surface area contributed by atoms with Gasteiger partial charge < -0.3 is 9.64 Å². The van der Waals surface area contributed by atoms with Crippen LogP contribution < -0.4 is 4.90 Å². The SMILES string of the molecule is CCCCCCCCCCCCCCCCCCN1C=C/C(=C/C=C2\C=CC=C(OC)C2=O)c2ccccc21. The summed E-state index contributed by atoms with van der Waals surface area (Å²) in [7, 11) is 1.53. The fourth-order valence-corrected chi connectivity index (χ4v) is 5.48. The van der Waals surface area contributed by atoms with Crippen LogP contribution in [0.2, 0.25) is 0 Å². The molecule has 0 N–H and O–H groups in total. The molecule has 3 heteroatoms. The summed E-state index contributed by atoms with van der Waals surface area (Å²) in [5.74, 6) is 0.307. The summed E-state index contributed by atoms with van der Waals surface area (Å²) >= 11 is 0. The Morgan fingerprint density at radius 1 is 0.718 bits per heavy atom. The Morgan fingerprint density at radius 2 is 1.28 bits per heavy atom. The van der Waals surface area contributed by atoms with Gasteiger partial charge >= 0.3 is 0 Å². The van der Waals surface area contributed by atoms with Crippen molar-refractivity contribution in [2.24, 2.45) is 0 Å². The zero-order valence-corrected chi connectivity index (χ0v) is 24.6. The number of carbonyl (C=O) groups is 1. The third-order valence-corrected chi connectivity index (χ3v) is 7.88. The van der Waals surface area contributed by atoms with E-state index in [0.29, 0.717) is 11.3 Å². The number of methoxy groups -OCH3 is 1. The van der Waals surface area contributed by atoms with Crippen LogP contribution >= 0.6 is 0 Å². The van der Waals surface area contributed by atoms with E-state index in [0.717, 1.165) is 12.1 Å². The van der Waals surface area contributed by atoms with Crippen LogP contribution in [0.5, 0.6) is 0 Å². The number of unbranched alkanes of at least 4 members (excludes halogenated alkanes) is 15. The molecule has 0 radical (unpaired) electrons. The molecule has 0 amide bonds. The molecule has 0 saturated carbocycles. The van der Waals surface area contributed by atoms with Crippen molar-refractivity contribution in [1.29, 1.82) is 0 Å². The minimum absolute atomic E-state index is 0.0740. The molecule has 0 atom stereocenters. The molecule has 212 valence electrons. The number of Topliss-reactive ketones (excluding diaryl/α,β-unsaturated/α-hetero) is 1. The van der Waals surface area contributed by atoms with Crippen LogP contribution in [0.15, 0.2) is 78.3 Å². The number of fused-ring (bicyclic) bond motifs is 1. The first-order valence-electron chi connectivity index (χ1n) is 15.7. The first kappa shape index (κ1) is 30.7. The molecule has 0 fully saturated rings. The van der Waals surface area contributed by atoms with Gasteiger partial charge in [-0.05, 0) is 30.2 Å². The maximum absolute atomic E-state index is 12.5. The largest absolute Gasteiger partial charge is 0.493 e. The van der Waals surface area contributed by atoms with Crippen LogP contribution in [0.4, 0.5) is 5.69 Å². The van der Waals surface area contributed by atoms with Crippen LogP contribution in [0.1, 0.15) is 115 Å². The van der Waals surface area contributed by atoms with Gasteiger partial charge in [0.2, 0.25) is 5.78 Å². The van der Waals surface area contributed by atoms with Crippen molar-refractivity contribution in [1.82, 2.24) is 0 Å². The Hall–Kier alpha value is -2.81. The summed E-state index contributed by atoms with van der Waals surface area (Å²) in [6, 6.07) is 8.56. The van der Waals surface area contributed by atoms with Gasteiger partial charge in [0.1, 0.15) is 0 Å². The quantitative estimate of drug-likeness (QED) is 0.132. The van der Waals surface area contributed by atoms with Gasteiger partial charge in [0.25, 0.3) is 0 Å². The number of ketones is 1. The lowest BCUT2D eigenvalue weighted by atomic mass is 9.97. The normalized spacial score (nSPS) is 16.7.